The highest BCUT2D eigenvalue weighted by atomic mass is 16.3. The summed E-state index contributed by atoms with van der Waals surface area (Å²) in [4.78, 5) is 0. The second-order valence-corrected chi connectivity index (χ2v) is 2.95. The van der Waals surface area contributed by atoms with Gasteiger partial charge in [-0.15, -0.1) is 0 Å². The summed E-state index contributed by atoms with van der Waals surface area (Å²) in [7, 11) is 0. The van der Waals surface area contributed by atoms with Crippen molar-refractivity contribution in [3.8, 4) is 0 Å². The SMILES string of the molecule is OC[C@H](O)CNCc1ccccc1. The molecule has 0 unspecified atom stereocenters. The highest BCUT2D eigenvalue weighted by Gasteiger charge is 1.99. The number of aliphatic hydroxyl groups excluding tert-OH is 2. The summed E-state index contributed by atoms with van der Waals surface area (Å²) < 4.78 is 0. The van der Waals surface area contributed by atoms with Crippen molar-refractivity contribution in [1.29, 1.82) is 0 Å². The third kappa shape index (κ3) is 4.03. The van der Waals surface area contributed by atoms with Gasteiger partial charge in [0.1, 0.15) is 0 Å². The summed E-state index contributed by atoms with van der Waals surface area (Å²) in [5, 5.41) is 20.6. The maximum absolute atomic E-state index is 9.02. The van der Waals surface area contributed by atoms with Gasteiger partial charge in [0.05, 0.1) is 12.7 Å². The maximum Gasteiger partial charge on any atom is 0.0895 e. The summed E-state index contributed by atoms with van der Waals surface area (Å²) in [6.45, 7) is 0.949. The van der Waals surface area contributed by atoms with E-state index in [1.165, 1.54) is 5.56 Å². The van der Waals surface area contributed by atoms with Crippen molar-refractivity contribution in [2.45, 2.75) is 12.6 Å². The predicted octanol–water partition coefficient (Wildman–Crippen LogP) is 0.129. The summed E-state index contributed by atoms with van der Waals surface area (Å²) in [5.41, 5.74) is 1.17. The fourth-order valence-electron chi connectivity index (χ4n) is 1.04. The maximum atomic E-state index is 9.02. The molecule has 1 aromatic rings. The lowest BCUT2D eigenvalue weighted by molar-refractivity contribution is 0.0942. The molecule has 3 heteroatoms. The van der Waals surface area contributed by atoms with E-state index in [4.69, 9.17) is 10.2 Å². The number of nitrogens with one attached hydrogen (secondary N) is 1. The summed E-state index contributed by atoms with van der Waals surface area (Å²) in [5.74, 6) is 0. The second kappa shape index (κ2) is 5.70. The lowest BCUT2D eigenvalue weighted by Crippen LogP contribution is -2.28. The normalized spacial score (nSPS) is 12.8. The third-order valence-corrected chi connectivity index (χ3v) is 1.76. The van der Waals surface area contributed by atoms with Gasteiger partial charge in [-0.05, 0) is 5.56 Å². The molecule has 3 N–H and O–H groups in total. The molecule has 0 aliphatic heterocycles. The van der Waals surface area contributed by atoms with Crippen LogP contribution >= 0.6 is 0 Å². The first-order chi connectivity index (χ1) is 6.33. The standard InChI is InChI=1S/C10H15NO2/c12-8-10(13)7-11-6-9-4-2-1-3-5-9/h1-5,10-13H,6-8H2/t10-/m1/s1. The minimum atomic E-state index is -0.663. The van der Waals surface area contributed by atoms with Gasteiger partial charge in [-0.25, -0.2) is 0 Å². The van der Waals surface area contributed by atoms with Gasteiger partial charge in [-0.2, -0.15) is 0 Å². The number of rotatable bonds is 5. The molecular formula is C10H15NO2. The number of benzene rings is 1. The van der Waals surface area contributed by atoms with E-state index in [-0.39, 0.29) is 6.61 Å². The smallest absolute Gasteiger partial charge is 0.0895 e. The molecule has 1 aromatic carbocycles. The van der Waals surface area contributed by atoms with E-state index in [1.54, 1.807) is 0 Å². The highest BCUT2D eigenvalue weighted by molar-refractivity contribution is 5.14. The Morgan fingerprint density at radius 1 is 1.23 bits per heavy atom. The molecule has 0 saturated carbocycles. The molecular weight excluding hydrogens is 166 g/mol. The van der Waals surface area contributed by atoms with Crippen molar-refractivity contribution in [2.75, 3.05) is 13.2 Å². The first-order valence-corrected chi connectivity index (χ1v) is 4.36. The van der Waals surface area contributed by atoms with E-state index in [2.05, 4.69) is 5.32 Å². The highest BCUT2D eigenvalue weighted by Crippen LogP contribution is 1.96. The van der Waals surface area contributed by atoms with Crippen LogP contribution in [-0.2, 0) is 6.54 Å². The fraction of sp³-hybridized carbons (Fsp3) is 0.400. The van der Waals surface area contributed by atoms with Gasteiger partial charge >= 0.3 is 0 Å². The molecule has 0 bridgehead atoms. The molecule has 0 spiro atoms. The van der Waals surface area contributed by atoms with Crippen LogP contribution in [0.5, 0.6) is 0 Å². The van der Waals surface area contributed by atoms with Crippen LogP contribution in [0.25, 0.3) is 0 Å². The number of aliphatic hydroxyl groups is 2. The number of hydrogen-bond acceptors (Lipinski definition) is 3. The van der Waals surface area contributed by atoms with Gasteiger partial charge in [0.2, 0.25) is 0 Å². The van der Waals surface area contributed by atoms with Gasteiger partial charge in [0.15, 0.2) is 0 Å². The van der Waals surface area contributed by atoms with E-state index in [0.717, 1.165) is 6.54 Å². The molecule has 72 valence electrons. The third-order valence-electron chi connectivity index (χ3n) is 1.76. The van der Waals surface area contributed by atoms with Crippen molar-refractivity contribution in [2.24, 2.45) is 0 Å². The average molecular weight is 181 g/mol. The minimum absolute atomic E-state index is 0.193. The summed E-state index contributed by atoms with van der Waals surface area (Å²) >= 11 is 0. The van der Waals surface area contributed by atoms with Gasteiger partial charge in [-0.1, -0.05) is 30.3 Å². The molecule has 3 nitrogen and oxygen atoms in total. The zero-order valence-corrected chi connectivity index (χ0v) is 7.48. The first kappa shape index (κ1) is 10.2. The van der Waals surface area contributed by atoms with Gasteiger partial charge in [-0.3, -0.25) is 0 Å². The lowest BCUT2D eigenvalue weighted by atomic mass is 10.2. The molecule has 0 amide bonds. The molecule has 0 aromatic heterocycles. The topological polar surface area (TPSA) is 52.5 Å². The first-order valence-electron chi connectivity index (χ1n) is 4.36. The Morgan fingerprint density at radius 3 is 2.54 bits per heavy atom. The van der Waals surface area contributed by atoms with Crippen molar-refractivity contribution in [3.05, 3.63) is 35.9 Å². The fourth-order valence-corrected chi connectivity index (χ4v) is 1.04. The van der Waals surface area contributed by atoms with Crippen LogP contribution in [0.1, 0.15) is 5.56 Å². The van der Waals surface area contributed by atoms with Crippen LogP contribution in [0.4, 0.5) is 0 Å². The van der Waals surface area contributed by atoms with Crippen LogP contribution < -0.4 is 5.32 Å². The Balaban J connectivity index is 2.20. The van der Waals surface area contributed by atoms with E-state index in [9.17, 15) is 0 Å². The molecule has 0 aliphatic carbocycles. The molecule has 1 rings (SSSR count). The average Bonchev–Trinajstić information content (AvgIpc) is 2.19. The van der Waals surface area contributed by atoms with E-state index in [1.807, 2.05) is 30.3 Å². The molecule has 0 aliphatic rings. The summed E-state index contributed by atoms with van der Waals surface area (Å²) in [6.07, 6.45) is -0.663. The van der Waals surface area contributed by atoms with Crippen molar-refractivity contribution < 1.29 is 10.2 Å². The van der Waals surface area contributed by atoms with Gasteiger partial charge < -0.3 is 15.5 Å². The zero-order valence-electron chi connectivity index (χ0n) is 7.48. The zero-order chi connectivity index (χ0) is 9.52. The van der Waals surface area contributed by atoms with Crippen LogP contribution in [0.3, 0.4) is 0 Å². The van der Waals surface area contributed by atoms with E-state index < -0.39 is 6.10 Å². The van der Waals surface area contributed by atoms with Crippen molar-refractivity contribution in [1.82, 2.24) is 5.32 Å². The quantitative estimate of drug-likeness (QED) is 0.605. The van der Waals surface area contributed by atoms with Crippen LogP contribution in [-0.4, -0.2) is 29.5 Å². The van der Waals surface area contributed by atoms with E-state index >= 15 is 0 Å². The Hall–Kier alpha value is -0.900. The summed E-state index contributed by atoms with van der Waals surface area (Å²) in [6, 6.07) is 9.93. The van der Waals surface area contributed by atoms with Crippen LogP contribution in [0, 0.1) is 0 Å². The predicted molar refractivity (Wildman–Crippen MR) is 51.2 cm³/mol. The lowest BCUT2D eigenvalue weighted by Gasteiger charge is -2.08. The van der Waals surface area contributed by atoms with Crippen LogP contribution in [0.15, 0.2) is 30.3 Å². The minimum Gasteiger partial charge on any atom is -0.394 e. The largest absolute Gasteiger partial charge is 0.394 e. The number of hydrogen-bond donors (Lipinski definition) is 3. The Morgan fingerprint density at radius 2 is 1.92 bits per heavy atom. The van der Waals surface area contributed by atoms with Crippen LogP contribution in [0.2, 0.25) is 0 Å². The van der Waals surface area contributed by atoms with Gasteiger partial charge in [0, 0.05) is 13.1 Å². The second-order valence-electron chi connectivity index (χ2n) is 2.95. The van der Waals surface area contributed by atoms with Crippen molar-refractivity contribution in [3.63, 3.8) is 0 Å². The molecule has 0 saturated heterocycles. The molecule has 13 heavy (non-hydrogen) atoms. The monoisotopic (exact) mass is 181 g/mol. The Bertz CT molecular complexity index is 226. The Kier molecular flexibility index (Phi) is 4.46. The Labute approximate surface area is 78.0 Å². The molecule has 0 heterocycles. The molecule has 0 radical (unpaired) electrons. The van der Waals surface area contributed by atoms with E-state index in [0.29, 0.717) is 6.54 Å². The van der Waals surface area contributed by atoms with Gasteiger partial charge in [0.25, 0.3) is 0 Å². The molecule has 0 fully saturated rings. The molecule has 1 atom stereocenters. The van der Waals surface area contributed by atoms with Crippen molar-refractivity contribution >= 4 is 0 Å².